The number of anilines is 1. The van der Waals surface area contributed by atoms with E-state index in [4.69, 9.17) is 0 Å². The number of carbonyl (C=O) groups excluding carboxylic acids is 1. The zero-order chi connectivity index (χ0) is 14.5. The number of aromatic nitrogens is 1. The molecule has 0 aliphatic carbocycles. The van der Waals surface area contributed by atoms with Crippen LogP contribution in [0.5, 0.6) is 0 Å². The number of amides is 1. The average molecular weight is 355 g/mol. The molecule has 3 nitrogen and oxygen atoms in total. The smallest absolute Gasteiger partial charge is 0.239 e. The quantitative estimate of drug-likeness (QED) is 0.760. The first-order valence-corrected chi connectivity index (χ1v) is 8.71. The van der Waals surface area contributed by atoms with Crippen LogP contribution in [0, 0.1) is 0 Å². The maximum absolute atomic E-state index is 11.8. The Kier molecular flexibility index (Phi) is 5.54. The van der Waals surface area contributed by atoms with Gasteiger partial charge in [0.1, 0.15) is 0 Å². The summed E-state index contributed by atoms with van der Waals surface area (Å²) in [5.74, 6) is -0.0298. The fourth-order valence-corrected chi connectivity index (χ4v) is 2.97. The van der Waals surface area contributed by atoms with E-state index in [0.717, 1.165) is 23.1 Å². The second kappa shape index (κ2) is 7.18. The number of aryl methyl sites for hydroxylation is 1. The number of nitrogens with one attached hydrogen (secondary N) is 1. The first-order chi connectivity index (χ1) is 9.63. The maximum Gasteiger partial charge on any atom is 0.239 e. The van der Waals surface area contributed by atoms with Crippen molar-refractivity contribution in [3.8, 4) is 0 Å². The van der Waals surface area contributed by atoms with Crippen molar-refractivity contribution >= 4 is 48.5 Å². The molecule has 0 radical (unpaired) electrons. The van der Waals surface area contributed by atoms with Gasteiger partial charge in [0.15, 0.2) is 5.13 Å². The van der Waals surface area contributed by atoms with E-state index >= 15 is 0 Å². The summed E-state index contributed by atoms with van der Waals surface area (Å²) in [7, 11) is 0. The molecule has 1 atom stereocenters. The Labute approximate surface area is 131 Å². The fraction of sp³-hybridized carbons (Fsp3) is 0.467. The zero-order valence-electron chi connectivity index (χ0n) is 11.8. The lowest BCUT2D eigenvalue weighted by atomic mass is 10.1. The van der Waals surface area contributed by atoms with Gasteiger partial charge in [0.25, 0.3) is 0 Å². The molecule has 0 bridgehead atoms. The van der Waals surface area contributed by atoms with Crippen molar-refractivity contribution in [3.05, 3.63) is 23.8 Å². The number of rotatable bonds is 6. The van der Waals surface area contributed by atoms with Crippen LogP contribution in [0.4, 0.5) is 5.13 Å². The van der Waals surface area contributed by atoms with E-state index < -0.39 is 0 Å². The highest BCUT2D eigenvalue weighted by molar-refractivity contribution is 9.10. The summed E-state index contributed by atoms with van der Waals surface area (Å²) in [5.41, 5.74) is 2.29. The van der Waals surface area contributed by atoms with E-state index in [9.17, 15) is 4.79 Å². The van der Waals surface area contributed by atoms with Gasteiger partial charge in [0.2, 0.25) is 5.91 Å². The van der Waals surface area contributed by atoms with Crippen LogP contribution in [0.2, 0.25) is 0 Å². The fourth-order valence-electron chi connectivity index (χ4n) is 1.93. The van der Waals surface area contributed by atoms with Gasteiger partial charge < -0.3 is 5.32 Å². The third-order valence-electron chi connectivity index (χ3n) is 3.14. The minimum absolute atomic E-state index is 0.0298. The number of carbonyl (C=O) groups is 1. The lowest BCUT2D eigenvalue weighted by Gasteiger charge is -2.04. The van der Waals surface area contributed by atoms with Crippen molar-refractivity contribution < 1.29 is 4.79 Å². The van der Waals surface area contributed by atoms with Crippen LogP contribution < -0.4 is 5.32 Å². The zero-order valence-corrected chi connectivity index (χ0v) is 14.2. The standard InChI is InChI=1S/C15H19BrN2OS/c1-3-5-6-10-7-8-12-13(9-10)20-15(17-12)18-14(19)11(16)4-2/h7-9,11H,3-6H2,1-2H3,(H,17,18,19)/t11-/m0/s1. The minimum Gasteiger partial charge on any atom is -0.301 e. The third kappa shape index (κ3) is 3.79. The summed E-state index contributed by atoms with van der Waals surface area (Å²) in [6.07, 6.45) is 4.27. The summed E-state index contributed by atoms with van der Waals surface area (Å²) in [6, 6.07) is 6.35. The molecule has 1 aromatic carbocycles. The van der Waals surface area contributed by atoms with E-state index in [-0.39, 0.29) is 10.7 Å². The molecule has 5 heteroatoms. The topological polar surface area (TPSA) is 42.0 Å². The molecule has 0 saturated carbocycles. The number of hydrogen-bond acceptors (Lipinski definition) is 3. The molecule has 0 aliphatic heterocycles. The van der Waals surface area contributed by atoms with Gasteiger partial charge in [-0.15, -0.1) is 0 Å². The Balaban J connectivity index is 2.14. The molecule has 1 amide bonds. The number of thiazole rings is 1. The number of benzene rings is 1. The molecule has 0 unspecified atom stereocenters. The Morgan fingerprint density at radius 2 is 2.25 bits per heavy atom. The predicted octanol–water partition coefficient (Wildman–Crippen LogP) is 4.75. The summed E-state index contributed by atoms with van der Waals surface area (Å²) >= 11 is 4.89. The van der Waals surface area contributed by atoms with Crippen molar-refractivity contribution in [1.82, 2.24) is 4.98 Å². The number of fused-ring (bicyclic) bond motifs is 1. The largest absolute Gasteiger partial charge is 0.301 e. The van der Waals surface area contributed by atoms with Crippen molar-refractivity contribution in [3.63, 3.8) is 0 Å². The number of alkyl halides is 1. The number of hydrogen-bond donors (Lipinski definition) is 1. The monoisotopic (exact) mass is 354 g/mol. The van der Waals surface area contributed by atoms with Crippen LogP contribution in [-0.2, 0) is 11.2 Å². The molecule has 1 N–H and O–H groups in total. The highest BCUT2D eigenvalue weighted by Gasteiger charge is 2.14. The Bertz CT molecular complexity index is 597. The van der Waals surface area contributed by atoms with Gasteiger partial charge in [-0.25, -0.2) is 4.98 Å². The van der Waals surface area contributed by atoms with Gasteiger partial charge in [0.05, 0.1) is 15.0 Å². The number of halogens is 1. The molecule has 1 aromatic heterocycles. The summed E-state index contributed by atoms with van der Waals surface area (Å²) in [5, 5.41) is 3.54. The van der Waals surface area contributed by atoms with Crippen LogP contribution in [0.25, 0.3) is 10.2 Å². The predicted molar refractivity (Wildman–Crippen MR) is 89.9 cm³/mol. The molecule has 20 heavy (non-hydrogen) atoms. The van der Waals surface area contributed by atoms with Crippen molar-refractivity contribution in [2.24, 2.45) is 0 Å². The van der Waals surface area contributed by atoms with Gasteiger partial charge in [-0.2, -0.15) is 0 Å². The highest BCUT2D eigenvalue weighted by atomic mass is 79.9. The van der Waals surface area contributed by atoms with Gasteiger partial charge in [-0.05, 0) is 37.0 Å². The first kappa shape index (κ1) is 15.4. The van der Waals surface area contributed by atoms with Crippen LogP contribution in [0.1, 0.15) is 38.7 Å². The summed E-state index contributed by atoms with van der Waals surface area (Å²) in [4.78, 5) is 16.1. The van der Waals surface area contributed by atoms with E-state index in [1.807, 2.05) is 13.0 Å². The average Bonchev–Trinajstić information content (AvgIpc) is 2.85. The highest BCUT2D eigenvalue weighted by Crippen LogP contribution is 2.27. The molecule has 0 spiro atoms. The Morgan fingerprint density at radius 1 is 1.45 bits per heavy atom. The number of nitrogens with zero attached hydrogens (tertiary/aromatic N) is 1. The van der Waals surface area contributed by atoms with Gasteiger partial charge in [0, 0.05) is 0 Å². The Morgan fingerprint density at radius 3 is 2.95 bits per heavy atom. The molecule has 0 saturated heterocycles. The van der Waals surface area contributed by atoms with Crippen molar-refractivity contribution in [1.29, 1.82) is 0 Å². The lowest BCUT2D eigenvalue weighted by molar-refractivity contribution is -0.115. The van der Waals surface area contributed by atoms with E-state index in [0.29, 0.717) is 5.13 Å². The molecule has 0 aliphatic rings. The molecule has 2 aromatic rings. The second-order valence-electron chi connectivity index (χ2n) is 4.79. The van der Waals surface area contributed by atoms with Gasteiger partial charge >= 0.3 is 0 Å². The molecule has 1 heterocycles. The minimum atomic E-state index is -0.158. The Hall–Kier alpha value is -0.940. The van der Waals surface area contributed by atoms with E-state index in [1.54, 1.807) is 0 Å². The van der Waals surface area contributed by atoms with Crippen molar-refractivity contribution in [2.45, 2.75) is 44.4 Å². The normalized spacial score (nSPS) is 12.6. The van der Waals surface area contributed by atoms with Gasteiger partial charge in [-0.1, -0.05) is 53.6 Å². The molecule has 0 fully saturated rings. The third-order valence-corrected chi connectivity index (χ3v) is 5.14. The SMILES string of the molecule is CCCCc1ccc2nc(NC(=O)[C@@H](Br)CC)sc2c1. The molecular weight excluding hydrogens is 336 g/mol. The summed E-state index contributed by atoms with van der Waals surface area (Å²) < 4.78 is 1.14. The molecule has 2 rings (SSSR count). The second-order valence-corrected chi connectivity index (χ2v) is 6.93. The van der Waals surface area contributed by atoms with Crippen LogP contribution in [0.15, 0.2) is 18.2 Å². The number of unbranched alkanes of at least 4 members (excludes halogenated alkanes) is 1. The van der Waals surface area contributed by atoms with Crippen LogP contribution in [0.3, 0.4) is 0 Å². The first-order valence-electron chi connectivity index (χ1n) is 6.98. The van der Waals surface area contributed by atoms with E-state index in [2.05, 4.69) is 45.3 Å². The molecule has 108 valence electrons. The summed E-state index contributed by atoms with van der Waals surface area (Å²) in [6.45, 7) is 4.17. The van der Waals surface area contributed by atoms with Crippen LogP contribution in [-0.4, -0.2) is 15.7 Å². The van der Waals surface area contributed by atoms with Gasteiger partial charge in [-0.3, -0.25) is 4.79 Å². The van der Waals surface area contributed by atoms with Crippen molar-refractivity contribution in [2.75, 3.05) is 5.32 Å². The molecular formula is C15H19BrN2OS. The van der Waals surface area contributed by atoms with Crippen LogP contribution >= 0.6 is 27.3 Å². The van der Waals surface area contributed by atoms with E-state index in [1.165, 1.54) is 29.7 Å². The lowest BCUT2D eigenvalue weighted by Crippen LogP contribution is -2.21. The maximum atomic E-state index is 11.8.